The highest BCUT2D eigenvalue weighted by atomic mass is 16.5. The van der Waals surface area contributed by atoms with E-state index in [9.17, 15) is 9.59 Å². The standard InChI is InChI=1S/C12H22N2O4/c1-8-6-14(7-9(2)18-8)11(17)13-12(3,4)5-10(15)16/h8-9H,5-7H2,1-4H3,(H,13,17)(H,15,16). The van der Waals surface area contributed by atoms with Gasteiger partial charge in [0.05, 0.1) is 18.6 Å². The largest absolute Gasteiger partial charge is 0.481 e. The van der Waals surface area contributed by atoms with Crippen molar-refractivity contribution in [3.05, 3.63) is 0 Å². The van der Waals surface area contributed by atoms with Gasteiger partial charge in [-0.05, 0) is 27.7 Å². The lowest BCUT2D eigenvalue weighted by atomic mass is 10.0. The summed E-state index contributed by atoms with van der Waals surface area (Å²) in [4.78, 5) is 24.4. The first-order chi connectivity index (χ1) is 8.19. The normalized spacial score (nSPS) is 24.8. The van der Waals surface area contributed by atoms with Gasteiger partial charge < -0.3 is 20.1 Å². The summed E-state index contributed by atoms with van der Waals surface area (Å²) in [5, 5.41) is 11.5. The van der Waals surface area contributed by atoms with Crippen molar-refractivity contribution in [1.29, 1.82) is 0 Å². The Morgan fingerprint density at radius 1 is 1.33 bits per heavy atom. The quantitative estimate of drug-likeness (QED) is 0.793. The molecule has 6 nitrogen and oxygen atoms in total. The van der Waals surface area contributed by atoms with Gasteiger partial charge >= 0.3 is 12.0 Å². The summed E-state index contributed by atoms with van der Waals surface area (Å²) in [6.07, 6.45) is -0.0991. The lowest BCUT2D eigenvalue weighted by molar-refractivity contribution is -0.138. The lowest BCUT2D eigenvalue weighted by Gasteiger charge is -2.37. The van der Waals surface area contributed by atoms with Crippen LogP contribution in [0.4, 0.5) is 4.79 Å². The SMILES string of the molecule is CC1CN(C(=O)NC(C)(C)CC(=O)O)CC(C)O1. The number of aliphatic carboxylic acids is 1. The van der Waals surface area contributed by atoms with E-state index in [4.69, 9.17) is 9.84 Å². The molecule has 0 aliphatic carbocycles. The molecule has 0 spiro atoms. The second-order valence-corrected chi connectivity index (χ2v) is 5.55. The number of nitrogens with one attached hydrogen (secondary N) is 1. The topological polar surface area (TPSA) is 78.9 Å². The molecule has 0 aromatic rings. The van der Waals surface area contributed by atoms with Crippen LogP contribution in [0.15, 0.2) is 0 Å². The molecule has 1 heterocycles. The number of hydrogen-bond acceptors (Lipinski definition) is 3. The molecule has 1 aliphatic heterocycles. The molecule has 2 amide bonds. The minimum Gasteiger partial charge on any atom is -0.481 e. The Kier molecular flexibility index (Phi) is 4.56. The third kappa shape index (κ3) is 4.52. The van der Waals surface area contributed by atoms with Crippen LogP contribution in [0.3, 0.4) is 0 Å². The average Bonchev–Trinajstić information content (AvgIpc) is 2.12. The fourth-order valence-electron chi connectivity index (χ4n) is 2.13. The van der Waals surface area contributed by atoms with E-state index in [1.165, 1.54) is 0 Å². The van der Waals surface area contributed by atoms with Gasteiger partial charge in [-0.25, -0.2) is 4.79 Å². The maximum absolute atomic E-state index is 12.1. The minimum absolute atomic E-state index is 0.00193. The zero-order chi connectivity index (χ0) is 13.9. The second-order valence-electron chi connectivity index (χ2n) is 5.55. The van der Waals surface area contributed by atoms with E-state index in [1.54, 1.807) is 18.7 Å². The number of carbonyl (C=O) groups is 2. The fourth-order valence-corrected chi connectivity index (χ4v) is 2.13. The third-order valence-electron chi connectivity index (χ3n) is 2.75. The summed E-state index contributed by atoms with van der Waals surface area (Å²) in [6.45, 7) is 8.29. The summed E-state index contributed by atoms with van der Waals surface area (Å²) < 4.78 is 5.55. The number of amides is 2. The van der Waals surface area contributed by atoms with Crippen molar-refractivity contribution >= 4 is 12.0 Å². The van der Waals surface area contributed by atoms with Gasteiger partial charge in [-0.15, -0.1) is 0 Å². The monoisotopic (exact) mass is 258 g/mol. The van der Waals surface area contributed by atoms with Crippen LogP contribution in [0.2, 0.25) is 0 Å². The number of carboxylic acids is 1. The molecule has 1 saturated heterocycles. The van der Waals surface area contributed by atoms with Gasteiger partial charge in [0.15, 0.2) is 0 Å². The molecule has 0 aromatic carbocycles. The van der Waals surface area contributed by atoms with Gasteiger partial charge in [-0.3, -0.25) is 4.79 Å². The zero-order valence-corrected chi connectivity index (χ0v) is 11.4. The van der Waals surface area contributed by atoms with Crippen molar-refractivity contribution < 1.29 is 19.4 Å². The van der Waals surface area contributed by atoms with E-state index in [1.807, 2.05) is 13.8 Å². The van der Waals surface area contributed by atoms with Crippen LogP contribution in [-0.2, 0) is 9.53 Å². The molecule has 0 saturated carbocycles. The maximum atomic E-state index is 12.1. The summed E-state index contributed by atoms with van der Waals surface area (Å²) in [5.41, 5.74) is -0.756. The predicted octanol–water partition coefficient (Wildman–Crippen LogP) is 1.06. The Morgan fingerprint density at radius 2 is 1.83 bits per heavy atom. The van der Waals surface area contributed by atoms with Crippen molar-refractivity contribution in [1.82, 2.24) is 10.2 Å². The Balaban J connectivity index is 2.56. The molecule has 2 N–H and O–H groups in total. The van der Waals surface area contributed by atoms with Crippen LogP contribution in [0.25, 0.3) is 0 Å². The van der Waals surface area contributed by atoms with Crippen molar-refractivity contribution in [3.8, 4) is 0 Å². The molecule has 6 heteroatoms. The molecule has 18 heavy (non-hydrogen) atoms. The number of nitrogens with zero attached hydrogens (tertiary/aromatic N) is 1. The Morgan fingerprint density at radius 3 is 2.28 bits per heavy atom. The molecule has 0 radical (unpaired) electrons. The van der Waals surface area contributed by atoms with Gasteiger partial charge in [0.1, 0.15) is 0 Å². The lowest BCUT2D eigenvalue weighted by Crippen LogP contribution is -2.56. The molecule has 104 valence electrons. The smallest absolute Gasteiger partial charge is 0.318 e. The molecule has 1 rings (SSSR count). The van der Waals surface area contributed by atoms with Crippen molar-refractivity contribution in [2.45, 2.75) is 51.9 Å². The number of morpholine rings is 1. The van der Waals surface area contributed by atoms with Crippen LogP contribution < -0.4 is 5.32 Å². The van der Waals surface area contributed by atoms with E-state index in [-0.39, 0.29) is 24.7 Å². The molecule has 1 fully saturated rings. The summed E-state index contributed by atoms with van der Waals surface area (Å²) >= 11 is 0. The van der Waals surface area contributed by atoms with Gasteiger partial charge in [0.25, 0.3) is 0 Å². The number of hydrogen-bond donors (Lipinski definition) is 2. The van der Waals surface area contributed by atoms with E-state index >= 15 is 0 Å². The molecule has 2 atom stereocenters. The maximum Gasteiger partial charge on any atom is 0.318 e. The van der Waals surface area contributed by atoms with E-state index in [0.29, 0.717) is 13.1 Å². The van der Waals surface area contributed by atoms with Crippen LogP contribution in [0.1, 0.15) is 34.1 Å². The first-order valence-corrected chi connectivity index (χ1v) is 6.14. The van der Waals surface area contributed by atoms with Gasteiger partial charge in [-0.1, -0.05) is 0 Å². The summed E-state index contributed by atoms with van der Waals surface area (Å²) in [7, 11) is 0. The first kappa shape index (κ1) is 14.8. The molecule has 2 unspecified atom stereocenters. The highest BCUT2D eigenvalue weighted by Crippen LogP contribution is 2.13. The Hall–Kier alpha value is -1.30. The first-order valence-electron chi connectivity index (χ1n) is 6.14. The summed E-state index contributed by atoms with van der Waals surface area (Å²) in [6, 6.07) is -0.233. The number of urea groups is 1. The predicted molar refractivity (Wildman–Crippen MR) is 66.4 cm³/mol. The number of carboxylic acid groups (broad SMARTS) is 1. The molecular formula is C12H22N2O4. The van der Waals surface area contributed by atoms with Crippen LogP contribution >= 0.6 is 0 Å². The van der Waals surface area contributed by atoms with Crippen molar-refractivity contribution in [2.24, 2.45) is 0 Å². The Labute approximate surface area is 107 Å². The highest BCUT2D eigenvalue weighted by Gasteiger charge is 2.30. The highest BCUT2D eigenvalue weighted by molar-refractivity contribution is 5.76. The fraction of sp³-hybridized carbons (Fsp3) is 0.833. The average molecular weight is 258 g/mol. The van der Waals surface area contributed by atoms with Gasteiger partial charge in [0.2, 0.25) is 0 Å². The van der Waals surface area contributed by atoms with Crippen molar-refractivity contribution in [3.63, 3.8) is 0 Å². The van der Waals surface area contributed by atoms with E-state index in [0.717, 1.165) is 0 Å². The number of carbonyl (C=O) groups excluding carboxylic acids is 1. The molecule has 1 aliphatic rings. The van der Waals surface area contributed by atoms with Gasteiger partial charge in [0, 0.05) is 18.6 Å². The van der Waals surface area contributed by atoms with E-state index < -0.39 is 11.5 Å². The second kappa shape index (κ2) is 5.56. The van der Waals surface area contributed by atoms with Crippen LogP contribution in [-0.4, -0.2) is 52.8 Å². The van der Waals surface area contributed by atoms with Crippen LogP contribution in [0, 0.1) is 0 Å². The third-order valence-corrected chi connectivity index (χ3v) is 2.75. The minimum atomic E-state index is -0.927. The van der Waals surface area contributed by atoms with E-state index in [2.05, 4.69) is 5.32 Å². The number of rotatable bonds is 3. The summed E-state index contributed by atoms with van der Waals surface area (Å²) in [5.74, 6) is -0.927. The number of ether oxygens (including phenoxy) is 1. The van der Waals surface area contributed by atoms with Crippen LogP contribution in [0.5, 0.6) is 0 Å². The molecule has 0 aromatic heterocycles. The molecular weight excluding hydrogens is 236 g/mol. The van der Waals surface area contributed by atoms with Crippen molar-refractivity contribution in [2.75, 3.05) is 13.1 Å². The van der Waals surface area contributed by atoms with Gasteiger partial charge in [-0.2, -0.15) is 0 Å². The zero-order valence-electron chi connectivity index (χ0n) is 11.4. The Bertz CT molecular complexity index is 320. The molecule has 0 bridgehead atoms.